The number of hydrogen-bond donors (Lipinski definition) is 2. The van der Waals surface area contributed by atoms with Crippen LogP contribution in [0.2, 0.25) is 0 Å². The van der Waals surface area contributed by atoms with Gasteiger partial charge in [-0.15, -0.1) is 0 Å². The molecular weight excluding hydrogens is 260 g/mol. The van der Waals surface area contributed by atoms with E-state index in [1.54, 1.807) is 0 Å². The minimum atomic E-state index is -0.574. The molecule has 2 aromatic carbocycles. The summed E-state index contributed by atoms with van der Waals surface area (Å²) in [5.74, 6) is -0.300. The third-order valence-electron chi connectivity index (χ3n) is 2.80. The van der Waals surface area contributed by atoms with Crippen molar-refractivity contribution in [3.8, 4) is 0 Å². The normalized spacial score (nSPS) is 10.9. The molecule has 0 N–H and O–H groups in total. The molecule has 1 nitrogen and oxygen atoms in total. The lowest BCUT2D eigenvalue weighted by molar-refractivity contribution is -0.117. The molecule has 0 radical (unpaired) electrons. The monoisotopic (exact) mass is 274 g/mol. The summed E-state index contributed by atoms with van der Waals surface area (Å²) >= 11 is 8.29. The summed E-state index contributed by atoms with van der Waals surface area (Å²) in [6, 6.07) is 19.5. The van der Waals surface area contributed by atoms with Gasteiger partial charge in [-0.25, -0.2) is 0 Å². The highest BCUT2D eigenvalue weighted by Crippen LogP contribution is 2.28. The molecule has 0 atom stereocenters. The Morgan fingerprint density at radius 2 is 1.17 bits per heavy atom. The first-order chi connectivity index (χ1) is 8.70. The maximum absolute atomic E-state index is 12.3. The Bertz CT molecular complexity index is 469. The highest BCUT2D eigenvalue weighted by Gasteiger charge is 2.25. The predicted octanol–water partition coefficient (Wildman–Crippen LogP) is 3.57. The Hall–Kier alpha value is -1.19. The lowest BCUT2D eigenvalue weighted by Crippen LogP contribution is -2.20. The third kappa shape index (κ3) is 2.98. The Morgan fingerprint density at radius 1 is 0.778 bits per heavy atom. The fraction of sp³-hybridized carbons (Fsp3) is 0.133. The van der Waals surface area contributed by atoms with Crippen LogP contribution >= 0.6 is 25.3 Å². The standard InChI is InChI=1S/C15H14OS2/c16-14(15(17)18)13(11-7-3-1-4-8-11)12-9-5-2-6-10-12/h1-10,13,15,17-18H. The first-order valence-corrected chi connectivity index (χ1v) is 6.73. The fourth-order valence-corrected chi connectivity index (χ4v) is 2.26. The van der Waals surface area contributed by atoms with Crippen molar-refractivity contribution in [3.05, 3.63) is 71.8 Å². The number of hydrogen-bond acceptors (Lipinski definition) is 3. The predicted molar refractivity (Wildman–Crippen MR) is 81.5 cm³/mol. The number of carbonyl (C=O) groups excluding carboxylic acids is 1. The molecular formula is C15H14OS2. The van der Waals surface area contributed by atoms with E-state index in [2.05, 4.69) is 25.3 Å². The summed E-state index contributed by atoms with van der Waals surface area (Å²) in [4.78, 5) is 12.3. The van der Waals surface area contributed by atoms with Gasteiger partial charge in [0.1, 0.15) is 4.58 Å². The Balaban J connectivity index is 2.45. The van der Waals surface area contributed by atoms with Gasteiger partial charge >= 0.3 is 0 Å². The highest BCUT2D eigenvalue weighted by atomic mass is 32.2. The minimum Gasteiger partial charge on any atom is -0.296 e. The second-order valence-corrected chi connectivity index (χ2v) is 5.47. The van der Waals surface area contributed by atoms with Crippen LogP contribution in [-0.2, 0) is 4.79 Å². The van der Waals surface area contributed by atoms with Crippen molar-refractivity contribution in [1.29, 1.82) is 0 Å². The van der Waals surface area contributed by atoms with Gasteiger partial charge < -0.3 is 0 Å². The molecule has 0 saturated heterocycles. The Morgan fingerprint density at radius 3 is 1.50 bits per heavy atom. The van der Waals surface area contributed by atoms with Crippen molar-refractivity contribution in [2.24, 2.45) is 0 Å². The van der Waals surface area contributed by atoms with Gasteiger partial charge in [-0.1, -0.05) is 60.7 Å². The first-order valence-electron chi connectivity index (χ1n) is 5.70. The van der Waals surface area contributed by atoms with Gasteiger partial charge in [-0.3, -0.25) is 4.79 Å². The largest absolute Gasteiger partial charge is 0.296 e. The van der Waals surface area contributed by atoms with E-state index in [9.17, 15) is 4.79 Å². The van der Waals surface area contributed by atoms with Crippen LogP contribution < -0.4 is 0 Å². The molecule has 2 aromatic rings. The van der Waals surface area contributed by atoms with Gasteiger partial charge in [0, 0.05) is 0 Å². The molecule has 0 spiro atoms. The second-order valence-electron chi connectivity index (χ2n) is 4.03. The lowest BCUT2D eigenvalue weighted by Gasteiger charge is -2.18. The minimum absolute atomic E-state index is 0.000864. The molecule has 0 aliphatic heterocycles. The molecule has 0 bridgehead atoms. The zero-order valence-electron chi connectivity index (χ0n) is 9.73. The molecule has 0 unspecified atom stereocenters. The maximum Gasteiger partial charge on any atom is 0.167 e. The first kappa shape index (κ1) is 13.2. The molecule has 0 heterocycles. The van der Waals surface area contributed by atoms with Crippen LogP contribution in [0.3, 0.4) is 0 Å². The second kappa shape index (κ2) is 6.12. The van der Waals surface area contributed by atoms with Crippen molar-refractivity contribution in [1.82, 2.24) is 0 Å². The molecule has 0 saturated carbocycles. The molecule has 0 aliphatic rings. The van der Waals surface area contributed by atoms with Crippen LogP contribution in [0.25, 0.3) is 0 Å². The van der Waals surface area contributed by atoms with E-state index in [1.165, 1.54) is 0 Å². The van der Waals surface area contributed by atoms with Crippen LogP contribution in [0.4, 0.5) is 0 Å². The summed E-state index contributed by atoms with van der Waals surface area (Å²) in [6.07, 6.45) is 0. The Kier molecular flexibility index (Phi) is 4.50. The number of benzene rings is 2. The maximum atomic E-state index is 12.3. The summed E-state index contributed by atoms with van der Waals surface area (Å²) in [6.45, 7) is 0. The van der Waals surface area contributed by atoms with E-state index in [1.807, 2.05) is 60.7 Å². The van der Waals surface area contributed by atoms with Gasteiger partial charge in [-0.2, -0.15) is 25.3 Å². The molecule has 18 heavy (non-hydrogen) atoms. The number of rotatable bonds is 4. The van der Waals surface area contributed by atoms with E-state index in [-0.39, 0.29) is 11.7 Å². The van der Waals surface area contributed by atoms with E-state index >= 15 is 0 Å². The smallest absolute Gasteiger partial charge is 0.167 e. The fourth-order valence-electron chi connectivity index (χ4n) is 1.96. The van der Waals surface area contributed by atoms with Crippen LogP contribution in [0.15, 0.2) is 60.7 Å². The van der Waals surface area contributed by atoms with Crippen molar-refractivity contribution < 1.29 is 4.79 Å². The van der Waals surface area contributed by atoms with Crippen molar-refractivity contribution in [2.75, 3.05) is 0 Å². The van der Waals surface area contributed by atoms with Crippen molar-refractivity contribution in [3.63, 3.8) is 0 Å². The summed E-state index contributed by atoms with van der Waals surface area (Å²) < 4.78 is -0.574. The van der Waals surface area contributed by atoms with Crippen LogP contribution in [0.1, 0.15) is 17.0 Å². The number of ketones is 1. The van der Waals surface area contributed by atoms with Crippen LogP contribution in [0.5, 0.6) is 0 Å². The van der Waals surface area contributed by atoms with Gasteiger partial charge in [0.15, 0.2) is 5.78 Å². The van der Waals surface area contributed by atoms with Gasteiger partial charge in [0.25, 0.3) is 0 Å². The number of thiol groups is 2. The summed E-state index contributed by atoms with van der Waals surface area (Å²) in [7, 11) is 0. The SMILES string of the molecule is O=C(C(S)S)C(c1ccccc1)c1ccccc1. The number of Topliss-reactive ketones (excluding diaryl/α,β-unsaturated/α-hetero) is 1. The van der Waals surface area contributed by atoms with Crippen LogP contribution in [0, 0.1) is 0 Å². The topological polar surface area (TPSA) is 17.1 Å². The zero-order chi connectivity index (χ0) is 13.0. The van der Waals surface area contributed by atoms with Crippen molar-refractivity contribution >= 4 is 31.0 Å². The number of carbonyl (C=O) groups is 1. The molecule has 2 rings (SSSR count). The quantitative estimate of drug-likeness (QED) is 0.644. The average Bonchev–Trinajstić information content (AvgIpc) is 2.41. The summed E-state index contributed by atoms with van der Waals surface area (Å²) in [5.41, 5.74) is 1.95. The Labute approximate surface area is 118 Å². The highest BCUT2D eigenvalue weighted by molar-refractivity contribution is 8.00. The summed E-state index contributed by atoms with van der Waals surface area (Å²) in [5, 5.41) is 0. The van der Waals surface area contributed by atoms with Crippen LogP contribution in [-0.4, -0.2) is 10.4 Å². The lowest BCUT2D eigenvalue weighted by atomic mass is 9.88. The molecule has 0 aliphatic carbocycles. The van der Waals surface area contributed by atoms with Gasteiger partial charge in [0.05, 0.1) is 5.92 Å². The zero-order valence-corrected chi connectivity index (χ0v) is 11.5. The van der Waals surface area contributed by atoms with Gasteiger partial charge in [0.2, 0.25) is 0 Å². The molecule has 3 heteroatoms. The van der Waals surface area contributed by atoms with E-state index < -0.39 is 4.58 Å². The van der Waals surface area contributed by atoms with E-state index in [0.29, 0.717) is 0 Å². The van der Waals surface area contributed by atoms with Gasteiger partial charge in [-0.05, 0) is 11.1 Å². The average molecular weight is 274 g/mol. The van der Waals surface area contributed by atoms with Crippen molar-refractivity contribution in [2.45, 2.75) is 10.5 Å². The molecule has 92 valence electrons. The molecule has 0 fully saturated rings. The van der Waals surface area contributed by atoms with E-state index in [4.69, 9.17) is 0 Å². The third-order valence-corrected chi connectivity index (χ3v) is 3.31. The molecule has 0 amide bonds. The van der Waals surface area contributed by atoms with E-state index in [0.717, 1.165) is 11.1 Å². The molecule has 0 aromatic heterocycles.